The molecule has 0 spiro atoms. The largest absolute Gasteiger partial charge is 0.451 e. The molecule has 0 saturated carbocycles. The van der Waals surface area contributed by atoms with Gasteiger partial charge < -0.3 is 4.74 Å². The molecule has 0 aromatic heterocycles. The van der Waals surface area contributed by atoms with Gasteiger partial charge in [0.25, 0.3) is 0 Å². The first-order valence-corrected chi connectivity index (χ1v) is 9.44. The lowest BCUT2D eigenvalue weighted by Crippen LogP contribution is -2.24. The van der Waals surface area contributed by atoms with Crippen LogP contribution < -0.4 is 4.72 Å². The molecule has 0 saturated heterocycles. The average molecular weight is 361 g/mol. The highest BCUT2D eigenvalue weighted by atomic mass is 32.2. The summed E-state index contributed by atoms with van der Waals surface area (Å²) in [7, 11) is -3.45. The number of sulfonamides is 1. The predicted molar refractivity (Wildman–Crippen MR) is 95.3 cm³/mol. The second-order valence-corrected chi connectivity index (χ2v) is 7.48. The van der Waals surface area contributed by atoms with E-state index in [1.165, 1.54) is 31.2 Å². The third-order valence-electron chi connectivity index (χ3n) is 3.39. The van der Waals surface area contributed by atoms with Gasteiger partial charge >= 0.3 is 5.97 Å². The summed E-state index contributed by atoms with van der Waals surface area (Å²) in [6, 6.07) is 12.8. The molecule has 0 aliphatic heterocycles. The van der Waals surface area contributed by atoms with Crippen LogP contribution in [-0.4, -0.2) is 32.5 Å². The Morgan fingerprint density at radius 2 is 1.68 bits per heavy atom. The van der Waals surface area contributed by atoms with E-state index >= 15 is 0 Å². The summed E-state index contributed by atoms with van der Waals surface area (Å²) in [6.07, 6.45) is 0.0575. The molecule has 1 unspecified atom stereocenters. The van der Waals surface area contributed by atoms with Crippen LogP contribution in [-0.2, 0) is 14.8 Å². The summed E-state index contributed by atoms with van der Waals surface area (Å²) in [5.41, 5.74) is 1.88. The predicted octanol–water partition coefficient (Wildman–Crippen LogP) is 2.79. The molecule has 25 heavy (non-hydrogen) atoms. The minimum atomic E-state index is -3.45. The Bertz CT molecular complexity index is 888. The number of benzene rings is 2. The zero-order valence-corrected chi connectivity index (χ0v) is 15.0. The lowest BCUT2D eigenvalue weighted by molar-refractivity contribution is 0.0319. The van der Waals surface area contributed by atoms with Crippen molar-refractivity contribution in [2.75, 3.05) is 11.0 Å². The molecule has 2 aromatic carbocycles. The fourth-order valence-corrected chi connectivity index (χ4v) is 2.71. The van der Waals surface area contributed by atoms with Gasteiger partial charge in [-0.05, 0) is 32.0 Å². The maximum Gasteiger partial charge on any atom is 0.338 e. The molecular formula is C18H19NO5S. The van der Waals surface area contributed by atoms with E-state index in [4.69, 9.17) is 4.74 Å². The fourth-order valence-electron chi connectivity index (χ4n) is 2.16. The summed E-state index contributed by atoms with van der Waals surface area (Å²) in [5.74, 6) is -1.01. The van der Waals surface area contributed by atoms with E-state index < -0.39 is 22.1 Å². The Balaban J connectivity index is 2.09. The van der Waals surface area contributed by atoms with Gasteiger partial charge in [0.15, 0.2) is 6.10 Å². The molecule has 0 aliphatic rings. The van der Waals surface area contributed by atoms with Gasteiger partial charge in [0.2, 0.25) is 15.8 Å². The van der Waals surface area contributed by atoms with E-state index in [1.54, 1.807) is 12.1 Å². The van der Waals surface area contributed by atoms with E-state index in [0.29, 0.717) is 5.56 Å². The van der Waals surface area contributed by atoms with Crippen molar-refractivity contribution in [3.05, 3.63) is 65.2 Å². The number of hydrogen-bond acceptors (Lipinski definition) is 5. The Labute approximate surface area is 146 Å². The SMILES string of the molecule is Cc1ccc(C(=O)C(C)OC(=O)c2cccc(NS(C)(=O)=O)c2)cc1. The first-order chi connectivity index (χ1) is 11.7. The van der Waals surface area contributed by atoms with Crippen LogP contribution in [0.1, 0.15) is 33.2 Å². The van der Waals surface area contributed by atoms with Crippen LogP contribution in [0.25, 0.3) is 0 Å². The Hall–Kier alpha value is -2.67. The molecule has 1 atom stereocenters. The maximum absolute atomic E-state index is 12.3. The number of carbonyl (C=O) groups excluding carboxylic acids is 2. The fraction of sp³-hybridized carbons (Fsp3) is 0.222. The van der Waals surface area contributed by atoms with Gasteiger partial charge in [0.05, 0.1) is 11.8 Å². The number of ketones is 1. The maximum atomic E-state index is 12.3. The van der Waals surface area contributed by atoms with E-state index in [2.05, 4.69) is 4.72 Å². The number of rotatable bonds is 6. The topological polar surface area (TPSA) is 89.5 Å². The van der Waals surface area contributed by atoms with Crippen LogP contribution in [0.3, 0.4) is 0 Å². The van der Waals surface area contributed by atoms with Crippen molar-refractivity contribution >= 4 is 27.5 Å². The standard InChI is InChI=1S/C18H19NO5S/c1-12-7-9-14(10-8-12)17(20)13(2)24-18(21)15-5-4-6-16(11-15)19-25(3,22)23/h4-11,13,19H,1-3H3. The van der Waals surface area contributed by atoms with Gasteiger partial charge in [-0.2, -0.15) is 0 Å². The van der Waals surface area contributed by atoms with Gasteiger partial charge in [0, 0.05) is 11.3 Å². The second-order valence-electron chi connectivity index (χ2n) is 5.73. The molecule has 2 rings (SSSR count). The third-order valence-corrected chi connectivity index (χ3v) is 4.00. The molecule has 6 nitrogen and oxygen atoms in total. The monoisotopic (exact) mass is 361 g/mol. The van der Waals surface area contributed by atoms with Crippen LogP contribution in [0.2, 0.25) is 0 Å². The highest BCUT2D eigenvalue weighted by molar-refractivity contribution is 7.92. The molecule has 1 N–H and O–H groups in total. The molecule has 7 heteroatoms. The average Bonchev–Trinajstić information content (AvgIpc) is 2.53. The summed E-state index contributed by atoms with van der Waals surface area (Å²) in [6.45, 7) is 3.41. The van der Waals surface area contributed by atoms with Crippen molar-refractivity contribution in [3.63, 3.8) is 0 Å². The van der Waals surface area contributed by atoms with Crippen molar-refractivity contribution in [1.82, 2.24) is 0 Å². The van der Waals surface area contributed by atoms with Gasteiger partial charge in [-0.1, -0.05) is 35.9 Å². The molecule has 2 aromatic rings. The highest BCUT2D eigenvalue weighted by Crippen LogP contribution is 2.15. The minimum absolute atomic E-state index is 0.150. The number of aryl methyl sites for hydroxylation is 1. The van der Waals surface area contributed by atoms with Gasteiger partial charge in [-0.25, -0.2) is 13.2 Å². The number of nitrogens with one attached hydrogen (secondary N) is 1. The zero-order chi connectivity index (χ0) is 18.6. The second kappa shape index (κ2) is 7.48. The van der Waals surface area contributed by atoms with Crippen molar-refractivity contribution in [3.8, 4) is 0 Å². The first kappa shape index (κ1) is 18.7. The smallest absolute Gasteiger partial charge is 0.338 e. The number of ether oxygens (including phenoxy) is 1. The van der Waals surface area contributed by atoms with Crippen LogP contribution in [0.5, 0.6) is 0 Å². The Morgan fingerprint density at radius 3 is 2.28 bits per heavy atom. The van der Waals surface area contributed by atoms with Crippen LogP contribution >= 0.6 is 0 Å². The van der Waals surface area contributed by atoms with Gasteiger partial charge in [-0.3, -0.25) is 9.52 Å². The lowest BCUT2D eigenvalue weighted by atomic mass is 10.1. The molecule has 0 fully saturated rings. The minimum Gasteiger partial charge on any atom is -0.451 e. The third kappa shape index (κ3) is 5.42. The number of anilines is 1. The Morgan fingerprint density at radius 1 is 1.04 bits per heavy atom. The number of carbonyl (C=O) groups is 2. The van der Waals surface area contributed by atoms with E-state index in [0.717, 1.165) is 11.8 Å². The highest BCUT2D eigenvalue weighted by Gasteiger charge is 2.20. The van der Waals surface area contributed by atoms with E-state index in [9.17, 15) is 18.0 Å². The van der Waals surface area contributed by atoms with Gasteiger partial charge in [-0.15, -0.1) is 0 Å². The van der Waals surface area contributed by atoms with Crippen molar-refractivity contribution in [2.24, 2.45) is 0 Å². The number of esters is 1. The number of Topliss-reactive ketones (excluding diaryl/α,β-unsaturated/α-hetero) is 1. The van der Waals surface area contributed by atoms with E-state index in [1.807, 2.05) is 19.1 Å². The molecule has 132 valence electrons. The zero-order valence-electron chi connectivity index (χ0n) is 14.1. The molecule has 0 aliphatic carbocycles. The van der Waals surface area contributed by atoms with E-state index in [-0.39, 0.29) is 17.0 Å². The molecular weight excluding hydrogens is 342 g/mol. The van der Waals surface area contributed by atoms with Crippen molar-refractivity contribution < 1.29 is 22.7 Å². The van der Waals surface area contributed by atoms with Gasteiger partial charge in [0.1, 0.15) is 0 Å². The number of hydrogen-bond donors (Lipinski definition) is 1. The summed E-state index contributed by atoms with van der Waals surface area (Å²) < 4.78 is 30.0. The normalized spacial score (nSPS) is 12.3. The molecule has 0 heterocycles. The summed E-state index contributed by atoms with van der Waals surface area (Å²) in [4.78, 5) is 24.5. The lowest BCUT2D eigenvalue weighted by Gasteiger charge is -2.13. The first-order valence-electron chi connectivity index (χ1n) is 7.55. The van der Waals surface area contributed by atoms with Crippen LogP contribution in [0.15, 0.2) is 48.5 Å². The summed E-state index contributed by atoms with van der Waals surface area (Å²) in [5, 5.41) is 0. The van der Waals surface area contributed by atoms with Crippen LogP contribution in [0.4, 0.5) is 5.69 Å². The quantitative estimate of drug-likeness (QED) is 0.631. The van der Waals surface area contributed by atoms with Crippen molar-refractivity contribution in [2.45, 2.75) is 20.0 Å². The molecule has 0 amide bonds. The Kier molecular flexibility index (Phi) is 5.58. The van der Waals surface area contributed by atoms with Crippen LogP contribution in [0, 0.1) is 6.92 Å². The molecule has 0 bridgehead atoms. The summed E-state index contributed by atoms with van der Waals surface area (Å²) >= 11 is 0. The molecule has 0 radical (unpaired) electrons. The van der Waals surface area contributed by atoms with Crippen molar-refractivity contribution in [1.29, 1.82) is 0 Å².